The third-order valence-electron chi connectivity index (χ3n) is 6.04. The van der Waals surface area contributed by atoms with Gasteiger partial charge in [-0.15, -0.1) is 0 Å². The molecule has 2 aliphatic rings. The number of fused-ring (bicyclic) bond motifs is 1. The van der Waals surface area contributed by atoms with Gasteiger partial charge >= 0.3 is 0 Å². The molecule has 26 heavy (non-hydrogen) atoms. The van der Waals surface area contributed by atoms with Gasteiger partial charge in [0.1, 0.15) is 0 Å². The van der Waals surface area contributed by atoms with Crippen LogP contribution in [0.15, 0.2) is 36.7 Å². The lowest BCUT2D eigenvalue weighted by Crippen LogP contribution is -2.42. The molecule has 4 heteroatoms. The summed E-state index contributed by atoms with van der Waals surface area (Å²) in [6.07, 6.45) is 9.14. The summed E-state index contributed by atoms with van der Waals surface area (Å²) in [7, 11) is 3.99. The van der Waals surface area contributed by atoms with Crippen LogP contribution in [0.3, 0.4) is 0 Å². The molecule has 0 amide bonds. The Labute approximate surface area is 156 Å². The Morgan fingerprint density at radius 2 is 2.08 bits per heavy atom. The van der Waals surface area contributed by atoms with Crippen molar-refractivity contribution in [2.75, 3.05) is 25.7 Å². The van der Waals surface area contributed by atoms with Gasteiger partial charge in [0, 0.05) is 49.1 Å². The second-order valence-electron chi connectivity index (χ2n) is 7.69. The average molecular weight is 351 g/mol. The van der Waals surface area contributed by atoms with Crippen LogP contribution in [0.1, 0.15) is 32.3 Å². The fourth-order valence-corrected chi connectivity index (χ4v) is 4.58. The number of hydrogen-bond donors (Lipinski definition) is 0. The van der Waals surface area contributed by atoms with Gasteiger partial charge in [-0.2, -0.15) is 5.10 Å². The van der Waals surface area contributed by atoms with Gasteiger partial charge in [-0.05, 0) is 49.0 Å². The molecule has 1 aromatic heterocycles. The van der Waals surface area contributed by atoms with Gasteiger partial charge in [-0.1, -0.05) is 19.1 Å². The number of allylic oxidation sites excluding steroid dienone is 1. The molecule has 0 radical (unpaired) electrons. The van der Waals surface area contributed by atoms with E-state index in [1.165, 1.54) is 40.8 Å². The second kappa shape index (κ2) is 6.92. The number of nitrogens with zero attached hydrogens (tertiary/aromatic N) is 3. The number of hydrogen-bond acceptors (Lipinski definition) is 3. The largest absolute Gasteiger partial charge is 0.383 e. The van der Waals surface area contributed by atoms with E-state index < -0.39 is 0 Å². The second-order valence-corrected chi connectivity index (χ2v) is 7.69. The maximum Gasteiger partial charge on any atom is 0.0658 e. The summed E-state index contributed by atoms with van der Waals surface area (Å²) < 4.78 is 7.10. The smallest absolute Gasteiger partial charge is 0.0658 e. The summed E-state index contributed by atoms with van der Waals surface area (Å²) in [6, 6.07) is 7.51. The molecule has 1 aromatic carbocycles. The first-order valence-electron chi connectivity index (χ1n) is 9.69. The van der Waals surface area contributed by atoms with Gasteiger partial charge in [0.05, 0.1) is 19.3 Å². The van der Waals surface area contributed by atoms with Crippen molar-refractivity contribution in [3.05, 3.63) is 42.2 Å². The lowest BCUT2D eigenvalue weighted by Gasteiger charge is -2.42. The third kappa shape index (κ3) is 2.96. The number of rotatable bonds is 5. The minimum absolute atomic E-state index is 0.574. The highest BCUT2D eigenvalue weighted by atomic mass is 16.5. The van der Waals surface area contributed by atoms with E-state index in [0.29, 0.717) is 18.6 Å². The number of anilines is 1. The average Bonchev–Trinajstić information content (AvgIpc) is 3.36. The molecular formula is C22H29N3O. The maximum absolute atomic E-state index is 5.15. The fourth-order valence-electron chi connectivity index (χ4n) is 4.58. The predicted molar refractivity (Wildman–Crippen MR) is 107 cm³/mol. The van der Waals surface area contributed by atoms with Crippen LogP contribution in [0, 0.1) is 11.8 Å². The van der Waals surface area contributed by atoms with Gasteiger partial charge < -0.3 is 9.64 Å². The molecule has 2 heterocycles. The molecule has 1 fully saturated rings. The first-order chi connectivity index (χ1) is 12.6. The number of benzene rings is 1. The van der Waals surface area contributed by atoms with Crippen LogP contribution in [0.5, 0.6) is 0 Å². The monoisotopic (exact) mass is 351 g/mol. The highest BCUT2D eigenvalue weighted by Crippen LogP contribution is 2.49. The van der Waals surface area contributed by atoms with Crippen LogP contribution in [0.25, 0.3) is 16.7 Å². The zero-order valence-electron chi connectivity index (χ0n) is 16.3. The van der Waals surface area contributed by atoms with Crippen molar-refractivity contribution < 1.29 is 4.74 Å². The quantitative estimate of drug-likeness (QED) is 0.796. The Morgan fingerprint density at radius 3 is 2.77 bits per heavy atom. The van der Waals surface area contributed by atoms with Crippen molar-refractivity contribution >= 4 is 11.3 Å². The van der Waals surface area contributed by atoms with Gasteiger partial charge in [0.2, 0.25) is 0 Å². The van der Waals surface area contributed by atoms with E-state index in [2.05, 4.69) is 61.4 Å². The van der Waals surface area contributed by atoms with Crippen LogP contribution in [0.4, 0.5) is 5.69 Å². The Morgan fingerprint density at radius 1 is 1.27 bits per heavy atom. The summed E-state index contributed by atoms with van der Waals surface area (Å²) in [5, 5.41) is 4.47. The molecule has 0 N–H and O–H groups in total. The van der Waals surface area contributed by atoms with Crippen molar-refractivity contribution in [2.45, 2.75) is 39.3 Å². The first kappa shape index (κ1) is 17.3. The van der Waals surface area contributed by atoms with Crippen molar-refractivity contribution in [3.8, 4) is 11.1 Å². The molecule has 138 valence electrons. The summed E-state index contributed by atoms with van der Waals surface area (Å²) >= 11 is 0. The SMILES string of the molecule is C/C=C1/c2cc(-c3cnn(CCOC)c3)ccc2N(C)C(C2CC2)[C@H]1C. The molecule has 1 aliphatic heterocycles. The van der Waals surface area contributed by atoms with Crippen LogP contribution >= 0.6 is 0 Å². The zero-order valence-corrected chi connectivity index (χ0v) is 16.3. The van der Waals surface area contributed by atoms with Crippen LogP contribution < -0.4 is 4.90 Å². The lowest BCUT2D eigenvalue weighted by molar-refractivity contribution is 0.183. The fraction of sp³-hybridized carbons (Fsp3) is 0.500. The summed E-state index contributed by atoms with van der Waals surface area (Å²) in [4.78, 5) is 2.52. The molecule has 4 rings (SSSR count). The summed E-state index contributed by atoms with van der Waals surface area (Å²) in [5.74, 6) is 1.43. The maximum atomic E-state index is 5.15. The minimum atomic E-state index is 0.574. The molecule has 0 bridgehead atoms. The van der Waals surface area contributed by atoms with E-state index >= 15 is 0 Å². The van der Waals surface area contributed by atoms with Gasteiger partial charge in [0.25, 0.3) is 0 Å². The normalized spacial score (nSPS) is 24.2. The standard InChI is InChI=1S/C22H29N3O/c1-5-19-15(2)22(16-6-7-16)24(3)21-9-8-17(12-20(19)21)18-13-23-25(14-18)10-11-26-4/h5,8-9,12-16,22H,6-7,10-11H2,1-4H3/b19-5+/t15-,22?/m0/s1. The molecule has 4 nitrogen and oxygen atoms in total. The van der Waals surface area contributed by atoms with Crippen molar-refractivity contribution in [1.82, 2.24) is 9.78 Å². The molecular weight excluding hydrogens is 322 g/mol. The van der Waals surface area contributed by atoms with Gasteiger partial charge in [-0.25, -0.2) is 0 Å². The topological polar surface area (TPSA) is 30.3 Å². The Bertz CT molecular complexity index is 819. The number of ether oxygens (including phenoxy) is 1. The van der Waals surface area contributed by atoms with Crippen LogP contribution in [-0.4, -0.2) is 36.6 Å². The molecule has 2 aromatic rings. The Hall–Kier alpha value is -2.07. The molecule has 1 saturated carbocycles. The molecule has 2 atom stereocenters. The van der Waals surface area contributed by atoms with Crippen LogP contribution in [-0.2, 0) is 11.3 Å². The summed E-state index contributed by atoms with van der Waals surface area (Å²) in [5.41, 5.74) is 6.63. The minimum Gasteiger partial charge on any atom is -0.383 e. The van der Waals surface area contributed by atoms with Crippen molar-refractivity contribution in [3.63, 3.8) is 0 Å². The highest BCUT2D eigenvalue weighted by Gasteiger charge is 2.42. The van der Waals surface area contributed by atoms with E-state index in [4.69, 9.17) is 4.74 Å². The van der Waals surface area contributed by atoms with E-state index in [1.54, 1.807) is 7.11 Å². The van der Waals surface area contributed by atoms with E-state index in [9.17, 15) is 0 Å². The predicted octanol–water partition coefficient (Wildman–Crippen LogP) is 4.46. The van der Waals surface area contributed by atoms with Crippen molar-refractivity contribution in [2.24, 2.45) is 11.8 Å². The van der Waals surface area contributed by atoms with E-state index in [1.807, 2.05) is 10.9 Å². The first-order valence-corrected chi connectivity index (χ1v) is 9.69. The number of aromatic nitrogens is 2. The Kier molecular flexibility index (Phi) is 4.62. The van der Waals surface area contributed by atoms with Crippen molar-refractivity contribution in [1.29, 1.82) is 0 Å². The number of methoxy groups -OCH3 is 1. The lowest BCUT2D eigenvalue weighted by atomic mass is 9.79. The van der Waals surface area contributed by atoms with E-state index in [-0.39, 0.29) is 0 Å². The van der Waals surface area contributed by atoms with Gasteiger partial charge in [-0.3, -0.25) is 4.68 Å². The molecule has 0 saturated heterocycles. The van der Waals surface area contributed by atoms with E-state index in [0.717, 1.165) is 12.5 Å². The Balaban J connectivity index is 1.69. The molecule has 1 unspecified atom stereocenters. The van der Waals surface area contributed by atoms with Crippen LogP contribution in [0.2, 0.25) is 0 Å². The third-order valence-corrected chi connectivity index (χ3v) is 6.04. The summed E-state index contributed by atoms with van der Waals surface area (Å²) in [6.45, 7) is 6.04. The zero-order chi connectivity index (χ0) is 18.3. The highest BCUT2D eigenvalue weighted by molar-refractivity contribution is 5.85. The molecule has 1 aliphatic carbocycles. The molecule has 0 spiro atoms. The van der Waals surface area contributed by atoms with Gasteiger partial charge in [0.15, 0.2) is 0 Å².